The van der Waals surface area contributed by atoms with Crippen LogP contribution in [0, 0.1) is 37.1 Å². The van der Waals surface area contributed by atoms with Crippen LogP contribution in [0.25, 0.3) is 0 Å². The monoisotopic (exact) mass is 556 g/mol. The molecule has 2 aromatic carbocycles. The molecule has 0 aliphatic heterocycles. The smallest absolute Gasteiger partial charge is 0.176 e. The number of hydrogen-bond donors (Lipinski definition) is 2. The molecular formula is C23H18Cl2F4N6S. The topological polar surface area (TPSA) is 59.7 Å². The lowest BCUT2D eigenvalue weighted by Gasteiger charge is -2.10. The number of thiocarbonyl (C=S) groups is 1. The fourth-order valence-corrected chi connectivity index (χ4v) is 4.22. The van der Waals surface area contributed by atoms with Gasteiger partial charge in [0.15, 0.2) is 34.2 Å². The fraction of sp³-hybridized carbons (Fsp3) is 0.174. The minimum atomic E-state index is -1.48. The van der Waals surface area contributed by atoms with Crippen LogP contribution < -0.4 is 10.6 Å². The second-order valence-electron chi connectivity index (χ2n) is 7.86. The van der Waals surface area contributed by atoms with Gasteiger partial charge < -0.3 is 10.6 Å². The van der Waals surface area contributed by atoms with Crippen molar-refractivity contribution in [2.75, 3.05) is 10.6 Å². The molecule has 0 saturated carbocycles. The van der Waals surface area contributed by atoms with Gasteiger partial charge in [-0.3, -0.25) is 9.36 Å². The highest BCUT2D eigenvalue weighted by molar-refractivity contribution is 7.80. The van der Waals surface area contributed by atoms with E-state index in [2.05, 4.69) is 20.8 Å². The van der Waals surface area contributed by atoms with Gasteiger partial charge in [-0.15, -0.1) is 0 Å². The number of aromatic nitrogens is 4. The van der Waals surface area contributed by atoms with E-state index >= 15 is 0 Å². The van der Waals surface area contributed by atoms with Gasteiger partial charge in [0.2, 0.25) is 0 Å². The van der Waals surface area contributed by atoms with E-state index in [9.17, 15) is 17.6 Å². The Bertz CT molecular complexity index is 1440. The third-order valence-electron chi connectivity index (χ3n) is 5.36. The number of hydrogen-bond acceptors (Lipinski definition) is 3. The molecule has 188 valence electrons. The van der Waals surface area contributed by atoms with Crippen molar-refractivity contribution in [1.82, 2.24) is 19.6 Å². The Morgan fingerprint density at radius 2 is 1.64 bits per heavy atom. The Hall–Kier alpha value is -3.15. The molecule has 0 unspecified atom stereocenters. The van der Waals surface area contributed by atoms with Crippen LogP contribution in [0.1, 0.15) is 22.5 Å². The first-order chi connectivity index (χ1) is 17.0. The zero-order chi connectivity index (χ0) is 26.1. The number of halogens is 6. The minimum Gasteiger partial charge on any atom is -0.329 e. The molecule has 4 aromatic rings. The Balaban J connectivity index is 1.44. The van der Waals surface area contributed by atoms with Gasteiger partial charge in [-0.1, -0.05) is 29.3 Å². The van der Waals surface area contributed by atoms with Gasteiger partial charge in [0.1, 0.15) is 0 Å². The lowest BCUT2D eigenvalue weighted by Crippen LogP contribution is -2.20. The molecule has 0 saturated heterocycles. The molecule has 0 fully saturated rings. The summed E-state index contributed by atoms with van der Waals surface area (Å²) in [5.41, 5.74) is 2.23. The average Bonchev–Trinajstić information content (AvgIpc) is 3.36. The lowest BCUT2D eigenvalue weighted by atomic mass is 10.2. The summed E-state index contributed by atoms with van der Waals surface area (Å²) in [7, 11) is 0. The summed E-state index contributed by atoms with van der Waals surface area (Å²) >= 11 is 17.6. The van der Waals surface area contributed by atoms with E-state index < -0.39 is 35.4 Å². The molecule has 0 atom stereocenters. The van der Waals surface area contributed by atoms with Gasteiger partial charge in [-0.25, -0.2) is 17.6 Å². The molecule has 0 aliphatic carbocycles. The van der Waals surface area contributed by atoms with Crippen molar-refractivity contribution >= 4 is 52.0 Å². The number of nitrogens with zero attached hydrogens (tertiary/aromatic N) is 4. The molecule has 0 spiro atoms. The van der Waals surface area contributed by atoms with Crippen LogP contribution in [-0.4, -0.2) is 24.7 Å². The Morgan fingerprint density at radius 1 is 0.944 bits per heavy atom. The van der Waals surface area contributed by atoms with E-state index in [0.717, 1.165) is 15.9 Å². The maximum atomic E-state index is 14.0. The van der Waals surface area contributed by atoms with E-state index in [1.54, 1.807) is 16.8 Å². The highest BCUT2D eigenvalue weighted by Crippen LogP contribution is 2.25. The van der Waals surface area contributed by atoms with Crippen LogP contribution in [0.2, 0.25) is 10.0 Å². The van der Waals surface area contributed by atoms with Gasteiger partial charge in [0.25, 0.3) is 0 Å². The van der Waals surface area contributed by atoms with E-state index in [1.165, 1.54) is 12.3 Å². The van der Waals surface area contributed by atoms with Crippen LogP contribution >= 0.6 is 35.4 Å². The number of anilines is 2. The Kier molecular flexibility index (Phi) is 7.53. The van der Waals surface area contributed by atoms with Gasteiger partial charge in [-0.05, 0) is 43.8 Å². The van der Waals surface area contributed by atoms with Crippen LogP contribution in [0.4, 0.5) is 29.1 Å². The molecule has 0 aliphatic rings. The third-order valence-corrected chi connectivity index (χ3v) is 6.15. The van der Waals surface area contributed by atoms with Gasteiger partial charge in [0.05, 0.1) is 35.7 Å². The molecule has 0 bridgehead atoms. The summed E-state index contributed by atoms with van der Waals surface area (Å²) in [4.78, 5) is 0. The van der Waals surface area contributed by atoms with Crippen molar-refractivity contribution in [3.05, 3.63) is 92.4 Å². The van der Waals surface area contributed by atoms with Crippen molar-refractivity contribution in [1.29, 1.82) is 0 Å². The summed E-state index contributed by atoms with van der Waals surface area (Å²) in [5, 5.41) is 15.8. The third kappa shape index (κ3) is 5.48. The summed E-state index contributed by atoms with van der Waals surface area (Å²) in [6.45, 7) is 3.58. The van der Waals surface area contributed by atoms with Crippen LogP contribution in [-0.2, 0) is 13.1 Å². The second kappa shape index (κ2) is 10.5. The molecule has 6 nitrogen and oxygen atoms in total. The molecule has 13 heteroatoms. The molecular weight excluding hydrogens is 539 g/mol. The highest BCUT2D eigenvalue weighted by atomic mass is 35.5. The molecule has 36 heavy (non-hydrogen) atoms. The second-order valence-corrected chi connectivity index (χ2v) is 9.12. The van der Waals surface area contributed by atoms with Gasteiger partial charge in [-0.2, -0.15) is 10.2 Å². The minimum absolute atomic E-state index is 0.157. The van der Waals surface area contributed by atoms with Crippen LogP contribution in [0.5, 0.6) is 0 Å². The number of rotatable bonds is 6. The first-order valence-electron chi connectivity index (χ1n) is 10.4. The predicted octanol–water partition coefficient (Wildman–Crippen LogP) is 6.47. The zero-order valence-electron chi connectivity index (χ0n) is 18.8. The van der Waals surface area contributed by atoms with Gasteiger partial charge >= 0.3 is 0 Å². The molecule has 2 aromatic heterocycles. The van der Waals surface area contributed by atoms with Crippen molar-refractivity contribution in [2.24, 2.45) is 0 Å². The van der Waals surface area contributed by atoms with Gasteiger partial charge in [0, 0.05) is 28.4 Å². The molecule has 0 amide bonds. The quantitative estimate of drug-likeness (QED) is 0.162. The standard InChI is InChI=1S/C23H18Cl2F4N6S/c1-11-22(12(2)35(32-11)9-13-3-4-14(24)7-16(13)25)31-23(36)30-19-5-6-34(33-19)10-15-20(28)17(26)8-18(27)21(15)29/h3-8H,9-10H2,1-2H3,(H2,30,31,33,36). The van der Waals surface area contributed by atoms with Crippen LogP contribution in [0.3, 0.4) is 0 Å². The van der Waals surface area contributed by atoms with Crippen molar-refractivity contribution < 1.29 is 17.6 Å². The SMILES string of the molecule is Cc1nn(Cc2ccc(Cl)cc2Cl)c(C)c1NC(=S)Nc1ccn(Cc2c(F)c(F)cc(F)c2F)n1. The first-order valence-corrected chi connectivity index (χ1v) is 11.6. The summed E-state index contributed by atoms with van der Waals surface area (Å²) in [6.07, 6.45) is 1.39. The summed E-state index contributed by atoms with van der Waals surface area (Å²) in [6, 6.07) is 6.89. The zero-order valence-corrected chi connectivity index (χ0v) is 21.2. The lowest BCUT2D eigenvalue weighted by molar-refractivity contribution is 0.431. The van der Waals surface area contributed by atoms with Crippen molar-refractivity contribution in [3.63, 3.8) is 0 Å². The van der Waals surface area contributed by atoms with Crippen molar-refractivity contribution in [2.45, 2.75) is 26.9 Å². The molecule has 2 N–H and O–H groups in total. The summed E-state index contributed by atoms with van der Waals surface area (Å²) < 4.78 is 57.7. The molecule has 2 heterocycles. The number of benzene rings is 2. The molecule has 0 radical (unpaired) electrons. The van der Waals surface area contributed by atoms with Crippen molar-refractivity contribution in [3.8, 4) is 0 Å². The number of aryl methyl sites for hydroxylation is 1. The van der Waals surface area contributed by atoms with E-state index in [-0.39, 0.29) is 17.0 Å². The highest BCUT2D eigenvalue weighted by Gasteiger charge is 2.20. The van der Waals surface area contributed by atoms with E-state index in [4.69, 9.17) is 35.4 Å². The fourth-order valence-electron chi connectivity index (χ4n) is 3.54. The summed E-state index contributed by atoms with van der Waals surface area (Å²) in [5.74, 6) is -5.66. The van der Waals surface area contributed by atoms with Crippen LogP contribution in [0.15, 0.2) is 36.5 Å². The van der Waals surface area contributed by atoms with E-state index in [0.29, 0.717) is 28.0 Å². The largest absolute Gasteiger partial charge is 0.329 e. The number of nitrogens with one attached hydrogen (secondary N) is 2. The average molecular weight is 557 g/mol. The normalized spacial score (nSPS) is 11.1. The maximum Gasteiger partial charge on any atom is 0.176 e. The van der Waals surface area contributed by atoms with E-state index in [1.807, 2.05) is 19.9 Å². The maximum absolute atomic E-state index is 14.0. The predicted molar refractivity (Wildman–Crippen MR) is 135 cm³/mol. The Labute approximate surface area is 218 Å². The Morgan fingerprint density at radius 3 is 2.31 bits per heavy atom. The molecule has 4 rings (SSSR count). The first kappa shape index (κ1) is 25.9.